The highest BCUT2D eigenvalue weighted by Gasteiger charge is 2.16. The molecule has 0 saturated heterocycles. The second kappa shape index (κ2) is 9.00. The first kappa shape index (κ1) is 21.4. The average Bonchev–Trinajstić information content (AvgIpc) is 2.69. The third-order valence-electron chi connectivity index (χ3n) is 4.41. The summed E-state index contributed by atoms with van der Waals surface area (Å²) in [5.41, 5.74) is 2.97. The third-order valence-corrected chi connectivity index (χ3v) is 5.80. The van der Waals surface area contributed by atoms with E-state index in [4.69, 9.17) is 4.74 Å². The summed E-state index contributed by atoms with van der Waals surface area (Å²) in [5.74, 6) is 0.322. The monoisotopic (exact) mass is 424 g/mol. The highest BCUT2D eigenvalue weighted by atomic mass is 32.2. The number of carbonyl (C=O) groups is 1. The van der Waals surface area contributed by atoms with E-state index >= 15 is 0 Å². The SMILES string of the molecule is Cc1ccc(S(=O)(=O)Nc2ccc(NC(=O)C(C)Oc3cccc(C)c3)cc2)cc1. The maximum Gasteiger partial charge on any atom is 0.265 e. The summed E-state index contributed by atoms with van der Waals surface area (Å²) < 4.78 is 33.1. The molecule has 3 aromatic rings. The maximum absolute atomic E-state index is 12.5. The maximum atomic E-state index is 12.5. The van der Waals surface area contributed by atoms with Crippen LogP contribution >= 0.6 is 0 Å². The molecule has 6 nitrogen and oxygen atoms in total. The minimum atomic E-state index is -3.67. The smallest absolute Gasteiger partial charge is 0.265 e. The molecule has 0 heterocycles. The van der Waals surface area contributed by atoms with Crippen molar-refractivity contribution >= 4 is 27.3 Å². The molecule has 3 rings (SSSR count). The molecule has 30 heavy (non-hydrogen) atoms. The van der Waals surface area contributed by atoms with Gasteiger partial charge in [-0.05, 0) is 74.9 Å². The summed E-state index contributed by atoms with van der Waals surface area (Å²) in [6.45, 7) is 5.51. The zero-order chi connectivity index (χ0) is 21.7. The van der Waals surface area contributed by atoms with E-state index in [1.165, 1.54) is 0 Å². The Labute approximate surface area is 177 Å². The largest absolute Gasteiger partial charge is 0.481 e. The number of aryl methyl sites for hydroxylation is 2. The van der Waals surface area contributed by atoms with Crippen LogP contribution < -0.4 is 14.8 Å². The standard InChI is InChI=1S/C23H24N2O4S/c1-16-7-13-22(14-8-16)30(27,28)25-20-11-9-19(10-12-20)24-23(26)18(3)29-21-6-4-5-17(2)15-21/h4-15,18,25H,1-3H3,(H,24,26). The van der Waals surface area contributed by atoms with Crippen LogP contribution in [0.15, 0.2) is 77.7 Å². The van der Waals surface area contributed by atoms with E-state index in [1.54, 1.807) is 61.5 Å². The fourth-order valence-corrected chi connectivity index (χ4v) is 3.80. The normalized spacial score (nSPS) is 12.1. The number of nitrogens with one attached hydrogen (secondary N) is 2. The van der Waals surface area contributed by atoms with Gasteiger partial charge in [0.15, 0.2) is 6.10 Å². The van der Waals surface area contributed by atoms with Gasteiger partial charge in [0.05, 0.1) is 4.90 Å². The summed E-state index contributed by atoms with van der Waals surface area (Å²) in [6.07, 6.45) is -0.688. The predicted molar refractivity (Wildman–Crippen MR) is 118 cm³/mol. The van der Waals surface area contributed by atoms with Crippen molar-refractivity contribution in [2.45, 2.75) is 31.8 Å². The molecule has 1 atom stereocenters. The third kappa shape index (κ3) is 5.61. The molecule has 0 aliphatic rings. The van der Waals surface area contributed by atoms with Crippen LogP contribution in [-0.4, -0.2) is 20.4 Å². The molecule has 0 aliphatic carbocycles. The minimum Gasteiger partial charge on any atom is -0.481 e. The molecule has 156 valence electrons. The zero-order valence-electron chi connectivity index (χ0n) is 17.0. The van der Waals surface area contributed by atoms with E-state index in [9.17, 15) is 13.2 Å². The first-order chi connectivity index (χ1) is 14.2. The minimum absolute atomic E-state index is 0.188. The number of sulfonamides is 1. The van der Waals surface area contributed by atoms with Gasteiger partial charge in [-0.3, -0.25) is 9.52 Å². The predicted octanol–water partition coefficient (Wildman–Crippen LogP) is 4.51. The van der Waals surface area contributed by atoms with Crippen LogP contribution in [0.4, 0.5) is 11.4 Å². The Morgan fingerprint density at radius 2 is 1.50 bits per heavy atom. The van der Waals surface area contributed by atoms with Crippen molar-refractivity contribution in [3.05, 3.63) is 83.9 Å². The van der Waals surface area contributed by atoms with Crippen molar-refractivity contribution in [1.29, 1.82) is 0 Å². The highest BCUT2D eigenvalue weighted by Crippen LogP contribution is 2.20. The van der Waals surface area contributed by atoms with Crippen molar-refractivity contribution in [3.8, 4) is 5.75 Å². The number of benzene rings is 3. The van der Waals surface area contributed by atoms with Crippen molar-refractivity contribution in [2.24, 2.45) is 0 Å². The van der Waals surface area contributed by atoms with Crippen LogP contribution in [0, 0.1) is 13.8 Å². The van der Waals surface area contributed by atoms with Crippen molar-refractivity contribution in [3.63, 3.8) is 0 Å². The number of rotatable bonds is 7. The average molecular weight is 425 g/mol. The summed E-state index contributed by atoms with van der Waals surface area (Å²) in [6, 6.07) is 20.5. The zero-order valence-corrected chi connectivity index (χ0v) is 17.9. The lowest BCUT2D eigenvalue weighted by molar-refractivity contribution is -0.122. The van der Waals surface area contributed by atoms with E-state index in [0.29, 0.717) is 17.1 Å². The van der Waals surface area contributed by atoms with Crippen LogP contribution in [0.3, 0.4) is 0 Å². The Morgan fingerprint density at radius 1 is 0.867 bits per heavy atom. The molecule has 0 fully saturated rings. The van der Waals surface area contributed by atoms with Crippen LogP contribution in [0.25, 0.3) is 0 Å². The van der Waals surface area contributed by atoms with Crippen molar-refractivity contribution in [2.75, 3.05) is 10.0 Å². The molecule has 2 N–H and O–H groups in total. The van der Waals surface area contributed by atoms with Gasteiger partial charge in [-0.15, -0.1) is 0 Å². The van der Waals surface area contributed by atoms with Gasteiger partial charge in [-0.1, -0.05) is 29.8 Å². The number of amides is 1. The molecule has 0 saturated carbocycles. The van der Waals surface area contributed by atoms with E-state index in [2.05, 4.69) is 10.0 Å². The lowest BCUT2D eigenvalue weighted by Crippen LogP contribution is -2.30. The molecule has 7 heteroatoms. The molecule has 0 radical (unpaired) electrons. The summed E-state index contributed by atoms with van der Waals surface area (Å²) >= 11 is 0. The number of carbonyl (C=O) groups excluding carboxylic acids is 1. The van der Waals surface area contributed by atoms with Gasteiger partial charge in [-0.25, -0.2) is 8.42 Å². The Balaban J connectivity index is 1.61. The first-order valence-electron chi connectivity index (χ1n) is 9.47. The Bertz CT molecular complexity index is 1120. The summed E-state index contributed by atoms with van der Waals surface area (Å²) in [5, 5.41) is 2.76. The van der Waals surface area contributed by atoms with Gasteiger partial charge in [0.1, 0.15) is 5.75 Å². The van der Waals surface area contributed by atoms with Crippen LogP contribution in [0.1, 0.15) is 18.1 Å². The Kier molecular flexibility index (Phi) is 6.42. The number of hydrogen-bond donors (Lipinski definition) is 2. The van der Waals surface area contributed by atoms with Crippen LogP contribution in [0.2, 0.25) is 0 Å². The molecule has 0 aliphatic heterocycles. The fourth-order valence-electron chi connectivity index (χ4n) is 2.74. The lowest BCUT2D eigenvalue weighted by Gasteiger charge is -2.15. The van der Waals surface area contributed by atoms with E-state index in [-0.39, 0.29) is 10.8 Å². The lowest BCUT2D eigenvalue weighted by atomic mass is 10.2. The second-order valence-electron chi connectivity index (χ2n) is 7.06. The van der Waals surface area contributed by atoms with Crippen LogP contribution in [0.5, 0.6) is 5.75 Å². The van der Waals surface area contributed by atoms with E-state index < -0.39 is 16.1 Å². The van der Waals surface area contributed by atoms with E-state index in [1.807, 2.05) is 32.0 Å². The molecule has 1 amide bonds. The molecule has 0 bridgehead atoms. The molecule has 0 spiro atoms. The fraction of sp³-hybridized carbons (Fsp3) is 0.174. The number of ether oxygens (including phenoxy) is 1. The van der Waals surface area contributed by atoms with Crippen LogP contribution in [-0.2, 0) is 14.8 Å². The molecule has 3 aromatic carbocycles. The van der Waals surface area contributed by atoms with Crippen molar-refractivity contribution < 1.29 is 17.9 Å². The first-order valence-corrected chi connectivity index (χ1v) is 10.9. The quantitative estimate of drug-likeness (QED) is 0.584. The number of hydrogen-bond acceptors (Lipinski definition) is 4. The second-order valence-corrected chi connectivity index (χ2v) is 8.74. The van der Waals surface area contributed by atoms with Gasteiger partial charge in [0.2, 0.25) is 0 Å². The number of anilines is 2. The highest BCUT2D eigenvalue weighted by molar-refractivity contribution is 7.92. The van der Waals surface area contributed by atoms with Gasteiger partial charge in [0, 0.05) is 11.4 Å². The summed E-state index contributed by atoms with van der Waals surface area (Å²) in [7, 11) is -3.67. The van der Waals surface area contributed by atoms with Gasteiger partial charge >= 0.3 is 0 Å². The van der Waals surface area contributed by atoms with Gasteiger partial charge < -0.3 is 10.1 Å². The van der Waals surface area contributed by atoms with Gasteiger partial charge in [0.25, 0.3) is 15.9 Å². The van der Waals surface area contributed by atoms with E-state index in [0.717, 1.165) is 11.1 Å². The van der Waals surface area contributed by atoms with Crippen molar-refractivity contribution in [1.82, 2.24) is 0 Å². The topological polar surface area (TPSA) is 84.5 Å². The molecular formula is C23H24N2O4S. The summed E-state index contributed by atoms with van der Waals surface area (Å²) in [4.78, 5) is 12.6. The molecule has 1 unspecified atom stereocenters. The molecule has 0 aromatic heterocycles. The Hall–Kier alpha value is -3.32. The molecular weight excluding hydrogens is 400 g/mol. The van der Waals surface area contributed by atoms with Gasteiger partial charge in [-0.2, -0.15) is 0 Å². The Morgan fingerprint density at radius 3 is 2.13 bits per heavy atom.